The van der Waals surface area contributed by atoms with Crippen LogP contribution in [0.1, 0.15) is 0 Å². The van der Waals surface area contributed by atoms with Gasteiger partial charge in [0.2, 0.25) is 6.54 Å². The van der Waals surface area contributed by atoms with Crippen molar-refractivity contribution in [3.63, 3.8) is 0 Å². The molecule has 0 aliphatic rings. The molecule has 0 unspecified atom stereocenters. The molecule has 0 aromatic carbocycles. The van der Waals surface area contributed by atoms with E-state index >= 15 is 0 Å². The molecule has 0 saturated carbocycles. The zero-order valence-corrected chi connectivity index (χ0v) is 6.96. The fraction of sp³-hybridized carbons (Fsp3) is 0.143. The molecule has 0 saturated heterocycles. The molecule has 1 amide bonds. The second kappa shape index (κ2) is 4.66. The van der Waals surface area contributed by atoms with Gasteiger partial charge in [-0.3, -0.25) is 4.79 Å². The molecule has 0 aliphatic heterocycles. The molecule has 1 heterocycles. The maximum atomic E-state index is 12.7. The van der Waals surface area contributed by atoms with Crippen LogP contribution < -0.4 is 22.7 Å². The number of nitrogens with zero attached hydrogens (tertiary/aromatic N) is 1. The third kappa shape index (κ3) is 2.84. The van der Waals surface area contributed by atoms with Gasteiger partial charge in [0.05, 0.1) is 0 Å². The molecule has 0 spiro atoms. The molecule has 0 radical (unpaired) electrons. The van der Waals surface area contributed by atoms with Crippen LogP contribution in [0.25, 0.3) is 0 Å². The van der Waals surface area contributed by atoms with Gasteiger partial charge < -0.3 is 18.1 Å². The molecule has 1 aromatic rings. The summed E-state index contributed by atoms with van der Waals surface area (Å²) in [6, 6.07) is 4.45. The third-order valence-corrected chi connectivity index (χ3v) is 1.21. The first-order valence-corrected chi connectivity index (χ1v) is 3.12. The van der Waals surface area contributed by atoms with Crippen LogP contribution in [0.4, 0.5) is 4.39 Å². The molecule has 1 rings (SSSR count). The zero-order chi connectivity index (χ0) is 8.27. The summed E-state index contributed by atoms with van der Waals surface area (Å²) in [5.74, 6) is -1.02. The van der Waals surface area contributed by atoms with E-state index < -0.39 is 11.9 Å². The van der Waals surface area contributed by atoms with Crippen LogP contribution in [0.5, 0.6) is 0 Å². The molecule has 12 heavy (non-hydrogen) atoms. The normalized spacial score (nSPS) is 8.75. The lowest BCUT2D eigenvalue weighted by Gasteiger charge is -1.91. The average Bonchev–Trinajstić information content (AvgIpc) is 1.93. The Bertz CT molecular complexity index is 280. The highest BCUT2D eigenvalue weighted by molar-refractivity contribution is 5.72. The van der Waals surface area contributed by atoms with Crippen molar-refractivity contribution < 1.29 is 26.2 Å². The van der Waals surface area contributed by atoms with Gasteiger partial charge in [-0.2, -0.15) is 4.57 Å². The number of carbonyl (C=O) groups is 1. The molecular weight excluding hydrogens is 183 g/mol. The molecule has 0 bridgehead atoms. The van der Waals surface area contributed by atoms with Gasteiger partial charge in [0.1, 0.15) is 0 Å². The number of halogens is 2. The second-order valence-electron chi connectivity index (χ2n) is 2.12. The van der Waals surface area contributed by atoms with Crippen molar-refractivity contribution in [3.05, 3.63) is 30.3 Å². The molecule has 3 nitrogen and oxygen atoms in total. The molecule has 5 heteroatoms. The zero-order valence-electron chi connectivity index (χ0n) is 6.21. The van der Waals surface area contributed by atoms with Gasteiger partial charge in [0.15, 0.2) is 6.20 Å². The number of carbonyl (C=O) groups excluding carboxylic acids is 1. The number of nitrogens with two attached hydrogens (primary N) is 1. The lowest BCUT2D eigenvalue weighted by atomic mass is 10.4. The summed E-state index contributed by atoms with van der Waals surface area (Å²) in [6.07, 6.45) is 1.46. The van der Waals surface area contributed by atoms with Gasteiger partial charge in [0, 0.05) is 12.1 Å². The van der Waals surface area contributed by atoms with Gasteiger partial charge in [-0.1, -0.05) is 0 Å². The molecule has 0 fully saturated rings. The monoisotopic (exact) mass is 190 g/mol. The minimum atomic E-state index is -0.555. The van der Waals surface area contributed by atoms with Crippen molar-refractivity contribution in [1.82, 2.24) is 0 Å². The van der Waals surface area contributed by atoms with E-state index in [0.29, 0.717) is 0 Å². The first-order chi connectivity index (χ1) is 5.20. The Morgan fingerprint density at radius 3 is 2.75 bits per heavy atom. The Labute approximate surface area is 75.4 Å². The van der Waals surface area contributed by atoms with Crippen molar-refractivity contribution in [1.29, 1.82) is 0 Å². The van der Waals surface area contributed by atoms with Crippen LogP contribution in [0, 0.1) is 5.95 Å². The quantitative estimate of drug-likeness (QED) is 0.384. The van der Waals surface area contributed by atoms with E-state index in [-0.39, 0.29) is 19.0 Å². The number of primary amides is 1. The van der Waals surface area contributed by atoms with Gasteiger partial charge >= 0.3 is 5.95 Å². The Hall–Kier alpha value is -1.16. The van der Waals surface area contributed by atoms with Crippen LogP contribution in [-0.2, 0) is 11.3 Å². The molecular formula is C7H8ClFN2O. The summed E-state index contributed by atoms with van der Waals surface area (Å²) in [7, 11) is 0. The van der Waals surface area contributed by atoms with Crippen molar-refractivity contribution in [3.8, 4) is 0 Å². The fourth-order valence-corrected chi connectivity index (χ4v) is 0.752. The minimum Gasteiger partial charge on any atom is -1.00 e. The van der Waals surface area contributed by atoms with E-state index in [9.17, 15) is 9.18 Å². The van der Waals surface area contributed by atoms with Crippen LogP contribution in [0.3, 0.4) is 0 Å². The summed E-state index contributed by atoms with van der Waals surface area (Å²) in [5.41, 5.74) is 4.87. The van der Waals surface area contributed by atoms with E-state index in [2.05, 4.69) is 0 Å². The van der Waals surface area contributed by atoms with E-state index in [4.69, 9.17) is 5.73 Å². The molecule has 0 aliphatic carbocycles. The molecule has 66 valence electrons. The van der Waals surface area contributed by atoms with E-state index in [1.807, 2.05) is 0 Å². The average molecular weight is 191 g/mol. The van der Waals surface area contributed by atoms with Gasteiger partial charge in [-0.25, -0.2) is 0 Å². The molecule has 0 atom stereocenters. The summed E-state index contributed by atoms with van der Waals surface area (Å²) in [5, 5.41) is 0. The Morgan fingerprint density at radius 2 is 2.25 bits per heavy atom. The number of aromatic nitrogens is 1. The van der Waals surface area contributed by atoms with Gasteiger partial charge in [-0.05, 0) is 6.07 Å². The van der Waals surface area contributed by atoms with E-state index in [1.54, 1.807) is 12.1 Å². The number of hydrogen-bond donors (Lipinski definition) is 1. The van der Waals surface area contributed by atoms with Crippen LogP contribution in [0.15, 0.2) is 24.4 Å². The summed E-state index contributed by atoms with van der Waals surface area (Å²) >= 11 is 0. The second-order valence-corrected chi connectivity index (χ2v) is 2.12. The largest absolute Gasteiger partial charge is 1.00 e. The first kappa shape index (κ1) is 10.8. The summed E-state index contributed by atoms with van der Waals surface area (Å²) in [4.78, 5) is 10.4. The van der Waals surface area contributed by atoms with Crippen LogP contribution in [-0.4, -0.2) is 5.91 Å². The molecule has 1 aromatic heterocycles. The summed E-state index contributed by atoms with van der Waals surface area (Å²) in [6.45, 7) is -0.118. The lowest BCUT2D eigenvalue weighted by Crippen LogP contribution is -3.00. The smallest absolute Gasteiger partial charge is 0.359 e. The number of amides is 1. The van der Waals surface area contributed by atoms with Crippen molar-refractivity contribution in [2.45, 2.75) is 6.54 Å². The number of pyridine rings is 1. The highest BCUT2D eigenvalue weighted by Crippen LogP contribution is 1.86. The maximum Gasteiger partial charge on any atom is 0.359 e. The third-order valence-electron chi connectivity index (χ3n) is 1.21. The standard InChI is InChI=1S/C7H7FN2O.ClH/c8-6-3-1-2-4-10(6)5-7(9)11;/h1-4H,5H2,(H-,9,11);1H. The van der Waals surface area contributed by atoms with E-state index in [1.165, 1.54) is 12.3 Å². The van der Waals surface area contributed by atoms with Crippen molar-refractivity contribution in [2.75, 3.05) is 0 Å². The SMILES string of the molecule is NC(=O)C[n+]1ccccc1F.[Cl-]. The Balaban J connectivity index is 0.00000121. The number of rotatable bonds is 2. The maximum absolute atomic E-state index is 12.7. The Morgan fingerprint density at radius 1 is 1.58 bits per heavy atom. The van der Waals surface area contributed by atoms with Gasteiger partial charge in [-0.15, -0.1) is 4.39 Å². The topological polar surface area (TPSA) is 47.0 Å². The molecule has 2 N–H and O–H groups in total. The highest BCUT2D eigenvalue weighted by atomic mass is 35.5. The minimum absolute atomic E-state index is 0. The predicted molar refractivity (Wildman–Crippen MR) is 35.8 cm³/mol. The predicted octanol–water partition coefficient (Wildman–Crippen LogP) is -3.40. The van der Waals surface area contributed by atoms with Crippen LogP contribution >= 0.6 is 0 Å². The number of hydrogen-bond acceptors (Lipinski definition) is 1. The van der Waals surface area contributed by atoms with Crippen molar-refractivity contribution in [2.24, 2.45) is 5.73 Å². The highest BCUT2D eigenvalue weighted by Gasteiger charge is 2.09. The van der Waals surface area contributed by atoms with Crippen LogP contribution in [0.2, 0.25) is 0 Å². The summed E-state index contributed by atoms with van der Waals surface area (Å²) < 4.78 is 13.8. The van der Waals surface area contributed by atoms with E-state index in [0.717, 1.165) is 4.57 Å². The van der Waals surface area contributed by atoms with Crippen molar-refractivity contribution >= 4 is 5.91 Å². The Kier molecular flexibility index (Phi) is 4.21. The first-order valence-electron chi connectivity index (χ1n) is 3.12. The fourth-order valence-electron chi connectivity index (χ4n) is 0.752. The lowest BCUT2D eigenvalue weighted by molar-refractivity contribution is -0.712. The van der Waals surface area contributed by atoms with Gasteiger partial charge in [0.25, 0.3) is 5.91 Å².